The van der Waals surface area contributed by atoms with Gasteiger partial charge in [0.25, 0.3) is 5.91 Å². The van der Waals surface area contributed by atoms with Gasteiger partial charge in [0.15, 0.2) is 11.6 Å². The fourth-order valence-electron chi connectivity index (χ4n) is 1.08. The molecule has 2 heterocycles. The summed E-state index contributed by atoms with van der Waals surface area (Å²) in [5.74, 6) is 0.369. The lowest BCUT2D eigenvalue weighted by molar-refractivity contribution is 0.102. The molecule has 0 aliphatic rings. The Kier molecular flexibility index (Phi) is 2.63. The minimum absolute atomic E-state index is 0.208. The number of hydrogen-bond donors (Lipinski definition) is 1. The van der Waals surface area contributed by atoms with Gasteiger partial charge in [0, 0.05) is 13.5 Å². The quantitative estimate of drug-likeness (QED) is 0.785. The van der Waals surface area contributed by atoms with E-state index in [9.17, 15) is 4.79 Å². The zero-order valence-corrected chi connectivity index (χ0v) is 8.84. The molecule has 0 aromatic carbocycles. The molecule has 0 saturated heterocycles. The van der Waals surface area contributed by atoms with Crippen molar-refractivity contribution >= 4 is 11.9 Å². The first-order valence-electron chi connectivity index (χ1n) is 4.68. The van der Waals surface area contributed by atoms with Crippen molar-refractivity contribution in [2.75, 3.05) is 5.32 Å². The molecule has 8 nitrogen and oxygen atoms in total. The summed E-state index contributed by atoms with van der Waals surface area (Å²) >= 11 is 0. The molecule has 1 amide bonds. The second kappa shape index (κ2) is 4.09. The van der Waals surface area contributed by atoms with Gasteiger partial charge in [-0.2, -0.15) is 0 Å². The molecule has 16 heavy (non-hydrogen) atoms. The lowest BCUT2D eigenvalue weighted by atomic mass is 10.4. The summed E-state index contributed by atoms with van der Waals surface area (Å²) in [6.07, 6.45) is 1.94. The number of nitrogens with one attached hydrogen (secondary N) is 1. The summed E-state index contributed by atoms with van der Waals surface area (Å²) in [5.41, 5.74) is 0.208. The Hall–Kier alpha value is -2.25. The average molecular weight is 222 g/mol. The van der Waals surface area contributed by atoms with E-state index < -0.39 is 5.91 Å². The first kappa shape index (κ1) is 10.3. The fourth-order valence-corrected chi connectivity index (χ4v) is 1.08. The maximum atomic E-state index is 11.7. The van der Waals surface area contributed by atoms with Gasteiger partial charge in [-0.15, -0.1) is 0 Å². The van der Waals surface area contributed by atoms with Crippen LogP contribution in [-0.2, 0) is 13.5 Å². The summed E-state index contributed by atoms with van der Waals surface area (Å²) in [4.78, 5) is 15.6. The second-order valence-electron chi connectivity index (χ2n) is 3.06. The van der Waals surface area contributed by atoms with Crippen molar-refractivity contribution < 1.29 is 9.21 Å². The van der Waals surface area contributed by atoms with Gasteiger partial charge in [0.1, 0.15) is 6.26 Å². The van der Waals surface area contributed by atoms with Crippen molar-refractivity contribution in [3.63, 3.8) is 0 Å². The molecule has 0 saturated carbocycles. The molecule has 0 aliphatic carbocycles. The minimum atomic E-state index is -0.402. The number of anilines is 1. The van der Waals surface area contributed by atoms with Crippen LogP contribution in [0.5, 0.6) is 0 Å². The summed E-state index contributed by atoms with van der Waals surface area (Å²) in [6.45, 7) is 1.89. The van der Waals surface area contributed by atoms with Crippen molar-refractivity contribution in [2.45, 2.75) is 13.3 Å². The first-order chi connectivity index (χ1) is 7.70. The van der Waals surface area contributed by atoms with Crippen LogP contribution >= 0.6 is 0 Å². The van der Waals surface area contributed by atoms with Crippen LogP contribution in [0.15, 0.2) is 10.7 Å². The third-order valence-electron chi connectivity index (χ3n) is 1.93. The van der Waals surface area contributed by atoms with Crippen LogP contribution in [0.3, 0.4) is 0 Å². The topological polar surface area (TPSA) is 98.7 Å². The Morgan fingerprint density at radius 1 is 1.62 bits per heavy atom. The molecule has 0 spiro atoms. The van der Waals surface area contributed by atoms with Crippen molar-refractivity contribution in [3.8, 4) is 0 Å². The molecule has 0 bridgehead atoms. The molecular formula is C8H10N6O2. The number of amides is 1. The van der Waals surface area contributed by atoms with E-state index in [-0.39, 0.29) is 11.6 Å². The highest BCUT2D eigenvalue weighted by molar-refractivity contribution is 6.01. The van der Waals surface area contributed by atoms with Gasteiger partial charge >= 0.3 is 0 Å². The lowest BCUT2D eigenvalue weighted by Gasteiger charge is -1.98. The highest BCUT2D eigenvalue weighted by atomic mass is 16.3. The van der Waals surface area contributed by atoms with Crippen LogP contribution in [0.1, 0.15) is 23.3 Å². The van der Waals surface area contributed by atoms with E-state index in [0.29, 0.717) is 12.3 Å². The number of aryl methyl sites for hydroxylation is 2. The Bertz CT molecular complexity index is 502. The van der Waals surface area contributed by atoms with Crippen LogP contribution in [0.25, 0.3) is 0 Å². The summed E-state index contributed by atoms with van der Waals surface area (Å²) < 4.78 is 6.40. The van der Waals surface area contributed by atoms with Gasteiger partial charge in [-0.05, 0) is 10.4 Å². The van der Waals surface area contributed by atoms with E-state index in [1.54, 1.807) is 7.05 Å². The van der Waals surface area contributed by atoms with Gasteiger partial charge < -0.3 is 4.42 Å². The third-order valence-corrected chi connectivity index (χ3v) is 1.93. The molecule has 0 radical (unpaired) electrons. The second-order valence-corrected chi connectivity index (χ2v) is 3.06. The van der Waals surface area contributed by atoms with Crippen LogP contribution in [0.4, 0.5) is 5.95 Å². The van der Waals surface area contributed by atoms with E-state index in [1.807, 2.05) is 6.92 Å². The molecule has 0 aliphatic heterocycles. The summed E-state index contributed by atoms with van der Waals surface area (Å²) in [6, 6.07) is 0. The number of tetrazole rings is 1. The molecular weight excluding hydrogens is 212 g/mol. The van der Waals surface area contributed by atoms with E-state index in [4.69, 9.17) is 4.42 Å². The molecule has 0 atom stereocenters. The number of carbonyl (C=O) groups excluding carboxylic acids is 1. The van der Waals surface area contributed by atoms with Crippen molar-refractivity contribution in [1.29, 1.82) is 0 Å². The van der Waals surface area contributed by atoms with Gasteiger partial charge in [-0.3, -0.25) is 10.1 Å². The Morgan fingerprint density at radius 2 is 2.44 bits per heavy atom. The summed E-state index contributed by atoms with van der Waals surface area (Å²) in [7, 11) is 1.62. The maximum absolute atomic E-state index is 11.7. The van der Waals surface area contributed by atoms with Crippen molar-refractivity contribution in [2.24, 2.45) is 7.05 Å². The van der Waals surface area contributed by atoms with Gasteiger partial charge in [-0.25, -0.2) is 9.67 Å². The van der Waals surface area contributed by atoms with Gasteiger partial charge in [0.2, 0.25) is 5.95 Å². The fraction of sp³-hybridized carbons (Fsp3) is 0.375. The minimum Gasteiger partial charge on any atom is -0.448 e. The molecule has 0 unspecified atom stereocenters. The largest absolute Gasteiger partial charge is 0.448 e. The molecule has 2 aromatic rings. The lowest BCUT2D eigenvalue weighted by Crippen LogP contribution is -2.15. The molecule has 84 valence electrons. The van der Waals surface area contributed by atoms with E-state index in [2.05, 4.69) is 25.8 Å². The first-order valence-corrected chi connectivity index (χ1v) is 4.68. The molecule has 2 aromatic heterocycles. The Labute approximate surface area is 90.7 Å². The monoisotopic (exact) mass is 222 g/mol. The van der Waals surface area contributed by atoms with Crippen LogP contribution in [0.2, 0.25) is 0 Å². The molecule has 0 fully saturated rings. The SMILES string of the molecule is CCc1nc(C(=O)Nc2nnnn2C)co1. The van der Waals surface area contributed by atoms with E-state index in [1.165, 1.54) is 10.9 Å². The number of rotatable bonds is 3. The van der Waals surface area contributed by atoms with Crippen molar-refractivity contribution in [3.05, 3.63) is 17.8 Å². The third kappa shape index (κ3) is 1.90. The highest BCUT2D eigenvalue weighted by Gasteiger charge is 2.14. The number of carbonyl (C=O) groups is 1. The van der Waals surface area contributed by atoms with E-state index >= 15 is 0 Å². The zero-order valence-electron chi connectivity index (χ0n) is 8.84. The Morgan fingerprint density at radius 3 is 3.00 bits per heavy atom. The number of hydrogen-bond acceptors (Lipinski definition) is 6. The van der Waals surface area contributed by atoms with Crippen molar-refractivity contribution in [1.82, 2.24) is 25.2 Å². The van der Waals surface area contributed by atoms with E-state index in [0.717, 1.165) is 0 Å². The summed E-state index contributed by atoms with van der Waals surface area (Å²) in [5, 5.41) is 13.1. The maximum Gasteiger partial charge on any atom is 0.280 e. The molecule has 1 N–H and O–H groups in total. The normalized spacial score (nSPS) is 10.4. The highest BCUT2D eigenvalue weighted by Crippen LogP contribution is 2.05. The number of oxazole rings is 1. The Balaban J connectivity index is 2.11. The zero-order chi connectivity index (χ0) is 11.5. The average Bonchev–Trinajstić information content (AvgIpc) is 2.88. The number of nitrogens with zero attached hydrogens (tertiary/aromatic N) is 5. The van der Waals surface area contributed by atoms with Gasteiger partial charge in [0.05, 0.1) is 0 Å². The standard InChI is InChI=1S/C8H10N6O2/c1-3-6-9-5(4-16-6)7(15)10-8-11-12-13-14(8)2/h4H,3H2,1-2H3,(H,10,11,13,15). The van der Waals surface area contributed by atoms with Crippen LogP contribution in [0, 0.1) is 0 Å². The van der Waals surface area contributed by atoms with Crippen LogP contribution < -0.4 is 5.32 Å². The molecule has 2 rings (SSSR count). The molecule has 8 heteroatoms. The van der Waals surface area contributed by atoms with Gasteiger partial charge in [-0.1, -0.05) is 12.0 Å². The number of aromatic nitrogens is 5. The van der Waals surface area contributed by atoms with Crippen LogP contribution in [-0.4, -0.2) is 31.1 Å². The smallest absolute Gasteiger partial charge is 0.280 e. The predicted octanol–water partition coefficient (Wildman–Crippen LogP) is 0.0128. The predicted molar refractivity (Wildman–Crippen MR) is 52.6 cm³/mol.